The number of fused-ring (bicyclic) bond motifs is 1. The molecule has 2 aromatic heterocycles. The van der Waals surface area contributed by atoms with Gasteiger partial charge in [0.05, 0.1) is 22.3 Å². The van der Waals surface area contributed by atoms with Crippen LogP contribution in [0.4, 0.5) is 0 Å². The number of hydrogen-bond donors (Lipinski definition) is 1. The molecule has 0 saturated carbocycles. The maximum absolute atomic E-state index is 5.60. The van der Waals surface area contributed by atoms with E-state index in [1.54, 1.807) is 11.3 Å². The smallest absolute Gasteiger partial charge is 0.134 e. The van der Waals surface area contributed by atoms with Crippen LogP contribution in [0.3, 0.4) is 0 Å². The fourth-order valence-electron chi connectivity index (χ4n) is 1.65. The minimum Gasteiger partial charge on any atom is -0.460 e. The van der Waals surface area contributed by atoms with Crippen LogP contribution in [0.5, 0.6) is 0 Å². The Bertz CT molecular complexity index is 627. The molecule has 0 spiro atoms. The first-order valence-corrected chi connectivity index (χ1v) is 5.87. The molecule has 0 radical (unpaired) electrons. The zero-order valence-corrected chi connectivity index (χ0v) is 9.33. The Labute approximate surface area is 96.5 Å². The predicted molar refractivity (Wildman–Crippen MR) is 65.2 cm³/mol. The van der Waals surface area contributed by atoms with Crippen LogP contribution in [0.2, 0.25) is 0 Å². The summed E-state index contributed by atoms with van der Waals surface area (Å²) >= 11 is 1.63. The maximum Gasteiger partial charge on any atom is 0.134 e. The fourth-order valence-corrected chi connectivity index (χ4v) is 2.37. The third-order valence-electron chi connectivity index (χ3n) is 2.48. The molecule has 0 unspecified atom stereocenters. The second-order valence-corrected chi connectivity index (χ2v) is 4.39. The number of aromatic nitrogens is 1. The van der Waals surface area contributed by atoms with Gasteiger partial charge in [-0.05, 0) is 30.3 Å². The molecule has 0 aliphatic heterocycles. The Morgan fingerprint density at radius 3 is 3.00 bits per heavy atom. The quantitative estimate of drug-likeness (QED) is 0.736. The van der Waals surface area contributed by atoms with Gasteiger partial charge in [0, 0.05) is 5.56 Å². The van der Waals surface area contributed by atoms with Crippen molar-refractivity contribution in [1.29, 1.82) is 0 Å². The van der Waals surface area contributed by atoms with Gasteiger partial charge in [0.15, 0.2) is 0 Å². The second kappa shape index (κ2) is 3.73. The molecule has 0 bridgehead atoms. The molecule has 3 rings (SSSR count). The first kappa shape index (κ1) is 9.57. The predicted octanol–water partition coefficient (Wildman–Crippen LogP) is 3.02. The second-order valence-electron chi connectivity index (χ2n) is 3.50. The van der Waals surface area contributed by atoms with Crippen LogP contribution in [0.1, 0.15) is 5.76 Å². The number of hydrogen-bond acceptors (Lipinski definition) is 4. The Hall–Kier alpha value is -1.65. The average Bonchev–Trinajstić information content (AvgIpc) is 2.96. The van der Waals surface area contributed by atoms with Gasteiger partial charge in [0.2, 0.25) is 0 Å². The van der Waals surface area contributed by atoms with Gasteiger partial charge in [-0.1, -0.05) is 0 Å². The Morgan fingerprint density at radius 1 is 1.25 bits per heavy atom. The zero-order chi connectivity index (χ0) is 11.0. The SMILES string of the molecule is NCc1ccc(-c2ccc3ncsc3c2)o1. The molecule has 1 aromatic carbocycles. The molecule has 0 saturated heterocycles. The van der Waals surface area contributed by atoms with Gasteiger partial charge < -0.3 is 10.2 Å². The van der Waals surface area contributed by atoms with Gasteiger partial charge in [0.1, 0.15) is 11.5 Å². The van der Waals surface area contributed by atoms with Crippen molar-refractivity contribution >= 4 is 21.6 Å². The van der Waals surface area contributed by atoms with Crippen molar-refractivity contribution in [1.82, 2.24) is 4.98 Å². The monoisotopic (exact) mass is 230 g/mol. The molecule has 0 fully saturated rings. The highest BCUT2D eigenvalue weighted by atomic mass is 32.1. The van der Waals surface area contributed by atoms with Crippen LogP contribution < -0.4 is 5.73 Å². The topological polar surface area (TPSA) is 52.0 Å². The number of nitrogens with two attached hydrogens (primary N) is 1. The van der Waals surface area contributed by atoms with Crippen LogP contribution >= 0.6 is 11.3 Å². The van der Waals surface area contributed by atoms with Crippen molar-refractivity contribution in [2.24, 2.45) is 5.73 Å². The zero-order valence-electron chi connectivity index (χ0n) is 8.51. The molecular weight excluding hydrogens is 220 g/mol. The lowest BCUT2D eigenvalue weighted by atomic mass is 10.2. The summed E-state index contributed by atoms with van der Waals surface area (Å²) in [7, 11) is 0. The molecule has 80 valence electrons. The van der Waals surface area contributed by atoms with Gasteiger partial charge in [0.25, 0.3) is 0 Å². The van der Waals surface area contributed by atoms with Crippen LogP contribution in [-0.4, -0.2) is 4.98 Å². The van der Waals surface area contributed by atoms with Gasteiger partial charge >= 0.3 is 0 Å². The Kier molecular flexibility index (Phi) is 2.23. The maximum atomic E-state index is 5.60. The van der Waals surface area contributed by atoms with Gasteiger partial charge in [-0.2, -0.15) is 0 Å². The van der Waals surface area contributed by atoms with Crippen molar-refractivity contribution in [3.8, 4) is 11.3 Å². The molecule has 0 atom stereocenters. The minimum absolute atomic E-state index is 0.433. The number of thiazole rings is 1. The van der Waals surface area contributed by atoms with Crippen LogP contribution in [-0.2, 0) is 6.54 Å². The molecule has 2 heterocycles. The van der Waals surface area contributed by atoms with Crippen LogP contribution in [0.15, 0.2) is 40.3 Å². The van der Waals surface area contributed by atoms with E-state index in [0.717, 1.165) is 22.6 Å². The lowest BCUT2D eigenvalue weighted by Crippen LogP contribution is -1.92. The Morgan fingerprint density at radius 2 is 2.19 bits per heavy atom. The van der Waals surface area contributed by atoms with Crippen LogP contribution in [0, 0.1) is 0 Å². The van der Waals surface area contributed by atoms with Crippen molar-refractivity contribution in [3.63, 3.8) is 0 Å². The molecule has 3 aromatic rings. The number of furan rings is 1. The molecule has 3 nitrogen and oxygen atoms in total. The lowest BCUT2D eigenvalue weighted by molar-refractivity contribution is 0.525. The van der Waals surface area contributed by atoms with E-state index in [2.05, 4.69) is 11.1 Å². The van der Waals surface area contributed by atoms with Crippen molar-refractivity contribution in [2.75, 3.05) is 0 Å². The highest BCUT2D eigenvalue weighted by Gasteiger charge is 2.05. The van der Waals surface area contributed by atoms with E-state index >= 15 is 0 Å². The summed E-state index contributed by atoms with van der Waals surface area (Å²) in [5, 5.41) is 0. The third kappa shape index (κ3) is 1.52. The van der Waals surface area contributed by atoms with E-state index in [1.165, 1.54) is 4.70 Å². The van der Waals surface area contributed by atoms with Crippen molar-refractivity contribution < 1.29 is 4.42 Å². The van der Waals surface area contributed by atoms with E-state index < -0.39 is 0 Å². The van der Waals surface area contributed by atoms with E-state index in [-0.39, 0.29) is 0 Å². The Balaban J connectivity index is 2.10. The highest BCUT2D eigenvalue weighted by Crippen LogP contribution is 2.27. The normalized spacial score (nSPS) is 11.1. The third-order valence-corrected chi connectivity index (χ3v) is 3.27. The van der Waals surface area contributed by atoms with E-state index in [9.17, 15) is 0 Å². The first-order chi connectivity index (χ1) is 7.86. The van der Waals surface area contributed by atoms with Gasteiger partial charge in [-0.3, -0.25) is 0 Å². The summed E-state index contributed by atoms with van der Waals surface area (Å²) in [5.41, 5.74) is 9.46. The summed E-state index contributed by atoms with van der Waals surface area (Å²) in [6.45, 7) is 0.433. The van der Waals surface area contributed by atoms with E-state index in [0.29, 0.717) is 6.54 Å². The summed E-state index contributed by atoms with van der Waals surface area (Å²) in [6, 6.07) is 9.97. The molecular formula is C12H10N2OS. The summed E-state index contributed by atoms with van der Waals surface area (Å²) < 4.78 is 6.77. The highest BCUT2D eigenvalue weighted by molar-refractivity contribution is 7.16. The summed E-state index contributed by atoms with van der Waals surface area (Å²) in [6.07, 6.45) is 0. The van der Waals surface area contributed by atoms with E-state index in [4.69, 9.17) is 10.2 Å². The number of rotatable bonds is 2. The summed E-state index contributed by atoms with van der Waals surface area (Å²) in [4.78, 5) is 4.24. The average molecular weight is 230 g/mol. The molecule has 2 N–H and O–H groups in total. The van der Waals surface area contributed by atoms with Crippen LogP contribution in [0.25, 0.3) is 21.5 Å². The summed E-state index contributed by atoms with van der Waals surface area (Å²) in [5.74, 6) is 1.66. The standard InChI is InChI=1S/C12H10N2OS/c13-6-9-2-4-11(15-9)8-1-3-10-12(5-8)16-7-14-10/h1-5,7H,6,13H2. The minimum atomic E-state index is 0.433. The molecule has 16 heavy (non-hydrogen) atoms. The molecule has 4 heteroatoms. The van der Waals surface area contributed by atoms with Crippen molar-refractivity contribution in [3.05, 3.63) is 41.6 Å². The molecule has 0 aliphatic carbocycles. The largest absolute Gasteiger partial charge is 0.460 e. The number of nitrogens with zero attached hydrogens (tertiary/aromatic N) is 1. The molecule has 0 aliphatic rings. The van der Waals surface area contributed by atoms with Gasteiger partial charge in [-0.15, -0.1) is 11.3 Å². The molecule has 0 amide bonds. The lowest BCUT2D eigenvalue weighted by Gasteiger charge is -1.96. The van der Waals surface area contributed by atoms with Crippen molar-refractivity contribution in [2.45, 2.75) is 6.54 Å². The fraction of sp³-hybridized carbons (Fsp3) is 0.0833. The van der Waals surface area contributed by atoms with Gasteiger partial charge in [-0.25, -0.2) is 4.98 Å². The number of benzene rings is 1. The van der Waals surface area contributed by atoms with E-state index in [1.807, 2.05) is 29.8 Å². The first-order valence-electron chi connectivity index (χ1n) is 4.99.